The second-order valence-electron chi connectivity index (χ2n) is 4.23. The number of nitrogens with one attached hydrogen (secondary N) is 1. The van der Waals surface area contributed by atoms with Gasteiger partial charge in [-0.3, -0.25) is 0 Å². The highest BCUT2D eigenvalue weighted by molar-refractivity contribution is 7.89. The molecule has 20 heavy (non-hydrogen) atoms. The molecule has 0 aromatic heterocycles. The molecule has 0 saturated carbocycles. The van der Waals surface area contributed by atoms with E-state index in [1.165, 1.54) is 0 Å². The summed E-state index contributed by atoms with van der Waals surface area (Å²) in [6, 6.07) is 2.16. The van der Waals surface area contributed by atoms with Gasteiger partial charge in [0.25, 0.3) is 0 Å². The van der Waals surface area contributed by atoms with Gasteiger partial charge in [0.2, 0.25) is 10.0 Å². The van der Waals surface area contributed by atoms with Crippen molar-refractivity contribution in [3.63, 3.8) is 0 Å². The van der Waals surface area contributed by atoms with Crippen molar-refractivity contribution in [2.75, 3.05) is 32.1 Å². The molecular formula is C11H14ClFN2O4S. The standard InChI is InChI=1S/C11H14ClFN2O4S/c12-9-3-7(14)4-10(11(9)13)20(16,17)15-5-8-6-18-1-2-19-8/h3-4,8,15H,1-2,5-6,14H2. The summed E-state index contributed by atoms with van der Waals surface area (Å²) in [5, 5.41) is -0.345. The molecule has 112 valence electrons. The smallest absolute Gasteiger partial charge is 0.243 e. The Morgan fingerprint density at radius 3 is 2.85 bits per heavy atom. The molecule has 2 rings (SSSR count). The van der Waals surface area contributed by atoms with Crippen molar-refractivity contribution in [2.45, 2.75) is 11.0 Å². The van der Waals surface area contributed by atoms with Gasteiger partial charge in [-0.25, -0.2) is 17.5 Å². The van der Waals surface area contributed by atoms with Gasteiger partial charge in [0.15, 0.2) is 5.82 Å². The number of anilines is 1. The third kappa shape index (κ3) is 3.58. The van der Waals surface area contributed by atoms with E-state index in [-0.39, 0.29) is 23.9 Å². The van der Waals surface area contributed by atoms with Crippen molar-refractivity contribution >= 4 is 27.3 Å². The van der Waals surface area contributed by atoms with Crippen LogP contribution >= 0.6 is 11.6 Å². The van der Waals surface area contributed by atoms with Gasteiger partial charge >= 0.3 is 0 Å². The Kier molecular flexibility index (Phi) is 4.82. The maximum atomic E-state index is 13.8. The predicted octanol–water partition coefficient (Wildman–Crippen LogP) is 0.755. The first-order valence-corrected chi connectivity index (χ1v) is 7.70. The van der Waals surface area contributed by atoms with E-state index in [2.05, 4.69) is 4.72 Å². The van der Waals surface area contributed by atoms with Gasteiger partial charge in [-0.1, -0.05) is 11.6 Å². The van der Waals surface area contributed by atoms with Crippen molar-refractivity contribution in [3.8, 4) is 0 Å². The van der Waals surface area contributed by atoms with Crippen molar-refractivity contribution in [1.82, 2.24) is 4.72 Å². The molecule has 1 aliphatic rings. The minimum atomic E-state index is -4.06. The minimum Gasteiger partial charge on any atom is -0.399 e. The van der Waals surface area contributed by atoms with Crippen LogP contribution in [0.2, 0.25) is 5.02 Å². The third-order valence-electron chi connectivity index (χ3n) is 2.69. The van der Waals surface area contributed by atoms with Crippen LogP contribution in [0.15, 0.2) is 17.0 Å². The molecule has 1 aromatic carbocycles. The van der Waals surface area contributed by atoms with E-state index in [0.717, 1.165) is 12.1 Å². The number of hydrogen-bond donors (Lipinski definition) is 2. The monoisotopic (exact) mass is 324 g/mol. The van der Waals surface area contributed by atoms with Gasteiger partial charge in [-0.05, 0) is 12.1 Å². The molecule has 0 bridgehead atoms. The lowest BCUT2D eigenvalue weighted by atomic mass is 10.3. The summed E-state index contributed by atoms with van der Waals surface area (Å²) in [5.41, 5.74) is 5.54. The number of rotatable bonds is 4. The van der Waals surface area contributed by atoms with Crippen LogP contribution in [-0.2, 0) is 19.5 Å². The highest BCUT2D eigenvalue weighted by Crippen LogP contribution is 2.25. The van der Waals surface area contributed by atoms with Crippen LogP contribution in [0.3, 0.4) is 0 Å². The van der Waals surface area contributed by atoms with E-state index >= 15 is 0 Å². The first kappa shape index (κ1) is 15.5. The zero-order chi connectivity index (χ0) is 14.8. The molecular weight excluding hydrogens is 311 g/mol. The van der Waals surface area contributed by atoms with Gasteiger partial charge < -0.3 is 15.2 Å². The van der Waals surface area contributed by atoms with E-state index in [1.54, 1.807) is 0 Å². The summed E-state index contributed by atoms with van der Waals surface area (Å²) in [4.78, 5) is -0.584. The zero-order valence-electron chi connectivity index (χ0n) is 10.4. The van der Waals surface area contributed by atoms with Crippen LogP contribution in [0.5, 0.6) is 0 Å². The Bertz CT molecular complexity index is 590. The lowest BCUT2D eigenvalue weighted by Gasteiger charge is -2.23. The molecule has 0 aliphatic carbocycles. The third-order valence-corrected chi connectivity index (χ3v) is 4.39. The molecule has 1 heterocycles. The van der Waals surface area contributed by atoms with Crippen LogP contribution in [0.25, 0.3) is 0 Å². The van der Waals surface area contributed by atoms with Crippen LogP contribution in [0.4, 0.5) is 10.1 Å². The summed E-state index contributed by atoms with van der Waals surface area (Å²) in [6.07, 6.45) is -0.405. The molecule has 1 aliphatic heterocycles. The maximum Gasteiger partial charge on any atom is 0.243 e. The molecule has 0 radical (unpaired) electrons. The fraction of sp³-hybridized carbons (Fsp3) is 0.455. The zero-order valence-corrected chi connectivity index (χ0v) is 12.0. The summed E-state index contributed by atoms with van der Waals surface area (Å²) in [6.45, 7) is 1.13. The molecule has 0 spiro atoms. The summed E-state index contributed by atoms with van der Waals surface area (Å²) < 4.78 is 50.5. The van der Waals surface area contributed by atoms with Gasteiger partial charge in [0.1, 0.15) is 4.90 Å². The van der Waals surface area contributed by atoms with Crippen molar-refractivity contribution in [1.29, 1.82) is 0 Å². The number of benzene rings is 1. The fourth-order valence-corrected chi connectivity index (χ4v) is 3.20. The summed E-state index contributed by atoms with van der Waals surface area (Å²) in [7, 11) is -4.06. The lowest BCUT2D eigenvalue weighted by molar-refractivity contribution is -0.0847. The fourth-order valence-electron chi connectivity index (χ4n) is 1.71. The second-order valence-corrected chi connectivity index (χ2v) is 6.38. The Hall–Kier alpha value is -0.930. The van der Waals surface area contributed by atoms with E-state index in [1.807, 2.05) is 0 Å². The van der Waals surface area contributed by atoms with E-state index < -0.39 is 26.8 Å². The molecule has 1 saturated heterocycles. The number of hydrogen-bond acceptors (Lipinski definition) is 5. The predicted molar refractivity (Wildman–Crippen MR) is 71.6 cm³/mol. The van der Waals surface area contributed by atoms with Crippen molar-refractivity contribution < 1.29 is 22.3 Å². The van der Waals surface area contributed by atoms with E-state index in [9.17, 15) is 12.8 Å². The molecule has 1 unspecified atom stereocenters. The Labute approximate surface area is 121 Å². The van der Waals surface area contributed by atoms with E-state index in [4.69, 9.17) is 26.8 Å². The SMILES string of the molecule is Nc1cc(Cl)c(F)c(S(=O)(=O)NCC2COCCO2)c1. The van der Waals surface area contributed by atoms with E-state index in [0.29, 0.717) is 13.2 Å². The van der Waals surface area contributed by atoms with Gasteiger partial charge in [-0.15, -0.1) is 0 Å². The summed E-state index contributed by atoms with van der Waals surface area (Å²) in [5.74, 6) is -1.03. The Morgan fingerprint density at radius 1 is 1.45 bits per heavy atom. The molecule has 1 aromatic rings. The largest absolute Gasteiger partial charge is 0.399 e. The summed E-state index contributed by atoms with van der Waals surface area (Å²) >= 11 is 5.58. The van der Waals surface area contributed by atoms with Crippen LogP contribution < -0.4 is 10.5 Å². The molecule has 0 amide bonds. The molecule has 3 N–H and O–H groups in total. The number of ether oxygens (including phenoxy) is 2. The topological polar surface area (TPSA) is 90.7 Å². The normalized spacial score (nSPS) is 20.0. The highest BCUT2D eigenvalue weighted by Gasteiger charge is 2.24. The van der Waals surface area contributed by atoms with Crippen LogP contribution in [-0.4, -0.2) is 40.9 Å². The quantitative estimate of drug-likeness (QED) is 0.798. The van der Waals surface area contributed by atoms with Gasteiger partial charge in [-0.2, -0.15) is 0 Å². The molecule has 1 fully saturated rings. The van der Waals surface area contributed by atoms with Gasteiger partial charge in [0, 0.05) is 12.2 Å². The Balaban J connectivity index is 2.14. The van der Waals surface area contributed by atoms with Crippen molar-refractivity contribution in [2.24, 2.45) is 0 Å². The van der Waals surface area contributed by atoms with Crippen LogP contribution in [0, 0.1) is 5.82 Å². The number of halogens is 2. The first-order valence-electron chi connectivity index (χ1n) is 5.83. The maximum absolute atomic E-state index is 13.8. The molecule has 6 nitrogen and oxygen atoms in total. The second kappa shape index (κ2) is 6.23. The Morgan fingerprint density at radius 2 is 2.20 bits per heavy atom. The molecule has 9 heteroatoms. The number of nitrogen functional groups attached to an aromatic ring is 1. The number of nitrogens with two attached hydrogens (primary N) is 1. The molecule has 1 atom stereocenters. The number of sulfonamides is 1. The van der Waals surface area contributed by atoms with Crippen LogP contribution in [0.1, 0.15) is 0 Å². The lowest BCUT2D eigenvalue weighted by Crippen LogP contribution is -2.39. The average Bonchev–Trinajstić information content (AvgIpc) is 2.42. The van der Waals surface area contributed by atoms with Crippen molar-refractivity contribution in [3.05, 3.63) is 23.0 Å². The minimum absolute atomic E-state index is 0.0197. The van der Waals surface area contributed by atoms with Gasteiger partial charge in [0.05, 0.1) is 30.9 Å². The highest BCUT2D eigenvalue weighted by atomic mass is 35.5. The first-order chi connectivity index (χ1) is 9.40. The average molecular weight is 325 g/mol.